The molecule has 0 saturated heterocycles. The van der Waals surface area contributed by atoms with Crippen molar-refractivity contribution in [3.05, 3.63) is 120 Å². The van der Waals surface area contributed by atoms with E-state index in [0.29, 0.717) is 0 Å². The Bertz CT molecular complexity index is 2350. The first-order valence-electron chi connectivity index (χ1n) is 14.3. The molecule has 1 aliphatic rings. The summed E-state index contributed by atoms with van der Waals surface area (Å²) in [4.78, 5) is 10.1. The van der Waals surface area contributed by atoms with E-state index >= 15 is 0 Å². The summed E-state index contributed by atoms with van der Waals surface area (Å²) in [7, 11) is 0. The van der Waals surface area contributed by atoms with Crippen molar-refractivity contribution < 1.29 is 4.42 Å². The summed E-state index contributed by atoms with van der Waals surface area (Å²) < 4.78 is 6.29. The van der Waals surface area contributed by atoms with Crippen LogP contribution in [0.4, 0.5) is 0 Å². The second-order valence-electron chi connectivity index (χ2n) is 11.5. The highest BCUT2D eigenvalue weighted by molar-refractivity contribution is 6.24. The Hall–Kier alpha value is -5.02. The summed E-state index contributed by atoms with van der Waals surface area (Å²) in [6, 6.07) is 36.7. The first-order valence-corrected chi connectivity index (χ1v) is 14.3. The molecule has 6 aromatic carbocycles. The van der Waals surface area contributed by atoms with Gasteiger partial charge < -0.3 is 4.42 Å². The number of aromatic nitrogens is 2. The lowest BCUT2D eigenvalue weighted by atomic mass is 9.76. The fourth-order valence-electron chi connectivity index (χ4n) is 7.30. The first kappa shape index (κ1) is 22.8. The fraction of sp³-hybridized carbons (Fsp3) is 0.105. The molecule has 0 fully saturated rings. The van der Waals surface area contributed by atoms with E-state index in [1.165, 1.54) is 49.2 Å². The van der Waals surface area contributed by atoms with Crippen LogP contribution < -0.4 is 0 Å². The lowest BCUT2D eigenvalue weighted by Crippen LogP contribution is -2.19. The average molecular weight is 527 g/mol. The van der Waals surface area contributed by atoms with Gasteiger partial charge in [-0.3, -0.25) is 0 Å². The van der Waals surface area contributed by atoms with Gasteiger partial charge in [-0.15, -0.1) is 0 Å². The maximum Gasteiger partial charge on any atom is 0.159 e. The van der Waals surface area contributed by atoms with Crippen molar-refractivity contribution in [2.45, 2.75) is 25.7 Å². The molecule has 194 valence electrons. The zero-order valence-electron chi connectivity index (χ0n) is 22.9. The molecule has 0 saturated carbocycles. The van der Waals surface area contributed by atoms with E-state index in [4.69, 9.17) is 14.4 Å². The zero-order valence-corrected chi connectivity index (χ0v) is 22.9. The molecular weight excluding hydrogens is 500 g/mol. The van der Waals surface area contributed by atoms with Crippen LogP contribution in [0.3, 0.4) is 0 Å². The third-order valence-corrected chi connectivity index (χ3v) is 9.44. The fourth-order valence-corrected chi connectivity index (χ4v) is 7.30. The van der Waals surface area contributed by atoms with Gasteiger partial charge in [0.1, 0.15) is 11.2 Å². The molecule has 1 aliphatic carbocycles. The second-order valence-corrected chi connectivity index (χ2v) is 11.5. The van der Waals surface area contributed by atoms with E-state index in [0.717, 1.165) is 45.3 Å². The van der Waals surface area contributed by atoms with Gasteiger partial charge in [-0.25, -0.2) is 9.97 Å². The molecule has 0 spiro atoms. The lowest BCUT2D eigenvalue weighted by Gasteiger charge is -2.26. The SMILES string of the molecule is CCC1(C)c2ccc(-c3ncc4c5ccccc5c5ccccc5c4n3)cc2-c2ccc3oc4ccccc4c3c21. The molecule has 2 heterocycles. The Kier molecular flexibility index (Phi) is 4.45. The minimum atomic E-state index is -0.116. The monoisotopic (exact) mass is 526 g/mol. The van der Waals surface area contributed by atoms with Gasteiger partial charge in [0.2, 0.25) is 0 Å². The van der Waals surface area contributed by atoms with Gasteiger partial charge in [-0.1, -0.05) is 98.8 Å². The quantitative estimate of drug-likeness (QED) is 0.210. The third kappa shape index (κ3) is 2.93. The summed E-state index contributed by atoms with van der Waals surface area (Å²) in [5, 5.41) is 8.30. The molecule has 0 radical (unpaired) electrons. The van der Waals surface area contributed by atoms with Crippen molar-refractivity contribution in [1.29, 1.82) is 0 Å². The standard InChI is InChI=1S/C38H26N2O/c1-3-38(2)31-18-16-22(20-29(31)26-17-19-33-34(35(26)38)28-14-8-9-15-32(28)41-33)37-39-21-30-25-12-5-4-10-23(25)24-11-6-7-13-27(24)36(30)40-37/h4-21H,3H2,1-2H3. The van der Waals surface area contributed by atoms with E-state index in [2.05, 4.69) is 111 Å². The molecule has 3 nitrogen and oxygen atoms in total. The molecule has 41 heavy (non-hydrogen) atoms. The first-order chi connectivity index (χ1) is 20.2. The lowest BCUT2D eigenvalue weighted by molar-refractivity contribution is 0.568. The van der Waals surface area contributed by atoms with Gasteiger partial charge in [-0.05, 0) is 63.0 Å². The minimum absolute atomic E-state index is 0.116. The van der Waals surface area contributed by atoms with Crippen LogP contribution in [0.25, 0.3) is 76.9 Å². The van der Waals surface area contributed by atoms with E-state index in [1.807, 2.05) is 12.3 Å². The molecule has 0 amide bonds. The molecule has 8 aromatic rings. The van der Waals surface area contributed by atoms with Crippen LogP contribution in [0.1, 0.15) is 31.4 Å². The number of benzene rings is 6. The second kappa shape index (κ2) is 8.02. The summed E-state index contributed by atoms with van der Waals surface area (Å²) in [6.07, 6.45) is 3.00. The van der Waals surface area contributed by atoms with E-state index in [9.17, 15) is 0 Å². The van der Waals surface area contributed by atoms with E-state index in [1.54, 1.807) is 0 Å². The Morgan fingerprint density at radius 1 is 0.659 bits per heavy atom. The topological polar surface area (TPSA) is 38.9 Å². The van der Waals surface area contributed by atoms with Crippen molar-refractivity contribution in [3.63, 3.8) is 0 Å². The third-order valence-electron chi connectivity index (χ3n) is 9.44. The molecular formula is C38H26N2O. The van der Waals surface area contributed by atoms with Crippen LogP contribution in [-0.4, -0.2) is 9.97 Å². The van der Waals surface area contributed by atoms with Crippen molar-refractivity contribution in [2.75, 3.05) is 0 Å². The Morgan fingerprint density at radius 2 is 1.34 bits per heavy atom. The van der Waals surface area contributed by atoms with Gasteiger partial charge in [0, 0.05) is 38.7 Å². The summed E-state index contributed by atoms with van der Waals surface area (Å²) >= 11 is 0. The van der Waals surface area contributed by atoms with Gasteiger partial charge in [0.25, 0.3) is 0 Å². The van der Waals surface area contributed by atoms with Crippen molar-refractivity contribution >= 4 is 54.4 Å². The number of furan rings is 1. The molecule has 0 bridgehead atoms. The Morgan fingerprint density at radius 3 is 2.12 bits per heavy atom. The van der Waals surface area contributed by atoms with Crippen LogP contribution in [0.15, 0.2) is 114 Å². The Labute approximate surface area is 237 Å². The summed E-state index contributed by atoms with van der Waals surface area (Å²) in [6.45, 7) is 4.66. The zero-order chi connectivity index (χ0) is 27.3. The van der Waals surface area contributed by atoms with Gasteiger partial charge in [0.05, 0.1) is 5.52 Å². The number of para-hydroxylation sites is 1. The largest absolute Gasteiger partial charge is 0.456 e. The van der Waals surface area contributed by atoms with E-state index in [-0.39, 0.29) is 5.41 Å². The van der Waals surface area contributed by atoms with Gasteiger partial charge in [0.15, 0.2) is 5.82 Å². The molecule has 3 heteroatoms. The predicted molar refractivity (Wildman–Crippen MR) is 169 cm³/mol. The average Bonchev–Trinajstić information content (AvgIpc) is 3.53. The highest BCUT2D eigenvalue weighted by Gasteiger charge is 2.40. The number of nitrogens with zero attached hydrogens (tertiary/aromatic N) is 2. The Balaban J connectivity index is 1.30. The maximum atomic E-state index is 6.29. The normalized spacial score (nSPS) is 16.2. The molecule has 2 aromatic heterocycles. The smallest absolute Gasteiger partial charge is 0.159 e. The van der Waals surface area contributed by atoms with Gasteiger partial charge >= 0.3 is 0 Å². The van der Waals surface area contributed by atoms with Crippen LogP contribution in [-0.2, 0) is 5.41 Å². The summed E-state index contributed by atoms with van der Waals surface area (Å²) in [5.41, 5.74) is 9.07. The minimum Gasteiger partial charge on any atom is -0.456 e. The van der Waals surface area contributed by atoms with Crippen LogP contribution in [0, 0.1) is 0 Å². The molecule has 0 N–H and O–H groups in total. The number of hydrogen-bond acceptors (Lipinski definition) is 3. The highest BCUT2D eigenvalue weighted by atomic mass is 16.3. The number of hydrogen-bond donors (Lipinski definition) is 0. The molecule has 9 rings (SSSR count). The van der Waals surface area contributed by atoms with Crippen molar-refractivity contribution in [2.24, 2.45) is 0 Å². The molecule has 1 atom stereocenters. The van der Waals surface area contributed by atoms with Crippen LogP contribution in [0.2, 0.25) is 0 Å². The summed E-state index contributed by atoms with van der Waals surface area (Å²) in [5.74, 6) is 0.752. The predicted octanol–water partition coefficient (Wildman–Crippen LogP) is 10.2. The van der Waals surface area contributed by atoms with E-state index < -0.39 is 0 Å². The highest BCUT2D eigenvalue weighted by Crippen LogP contribution is 2.55. The maximum absolute atomic E-state index is 6.29. The molecule has 0 aliphatic heterocycles. The number of rotatable bonds is 2. The van der Waals surface area contributed by atoms with Crippen LogP contribution >= 0.6 is 0 Å². The number of fused-ring (bicyclic) bond motifs is 13. The van der Waals surface area contributed by atoms with Crippen LogP contribution in [0.5, 0.6) is 0 Å². The molecule has 1 unspecified atom stereocenters. The van der Waals surface area contributed by atoms with Crippen molar-refractivity contribution in [1.82, 2.24) is 9.97 Å². The van der Waals surface area contributed by atoms with Gasteiger partial charge in [-0.2, -0.15) is 0 Å². The van der Waals surface area contributed by atoms with Crippen molar-refractivity contribution in [3.8, 4) is 22.5 Å².